The normalized spacial score (nSPS) is 10.6. The highest BCUT2D eigenvalue weighted by molar-refractivity contribution is 6.33. The van der Waals surface area contributed by atoms with Crippen LogP contribution in [0.4, 0.5) is 4.39 Å². The number of hydrogen-bond donors (Lipinski definition) is 1. The van der Waals surface area contributed by atoms with Crippen LogP contribution in [0.25, 0.3) is 11.4 Å². The summed E-state index contributed by atoms with van der Waals surface area (Å²) < 4.78 is 13.7. The highest BCUT2D eigenvalue weighted by Crippen LogP contribution is 2.28. The van der Waals surface area contributed by atoms with Crippen molar-refractivity contribution in [1.82, 2.24) is 9.97 Å². The Hall–Kier alpha value is -1.52. The summed E-state index contributed by atoms with van der Waals surface area (Å²) in [6.45, 7) is 2.08. The zero-order valence-electron chi connectivity index (χ0n) is 9.24. The van der Waals surface area contributed by atoms with Crippen molar-refractivity contribution in [1.29, 1.82) is 0 Å². The van der Waals surface area contributed by atoms with Crippen molar-refractivity contribution in [3.05, 3.63) is 46.5 Å². The van der Waals surface area contributed by atoms with E-state index < -0.39 is 5.82 Å². The number of halogens is 2. The molecule has 17 heavy (non-hydrogen) atoms. The van der Waals surface area contributed by atoms with Crippen molar-refractivity contribution in [3.8, 4) is 11.4 Å². The first-order valence-corrected chi connectivity index (χ1v) is 5.48. The van der Waals surface area contributed by atoms with E-state index in [0.717, 1.165) is 5.69 Å². The van der Waals surface area contributed by atoms with Crippen LogP contribution in [-0.4, -0.2) is 9.97 Å². The molecule has 0 fully saturated rings. The van der Waals surface area contributed by atoms with Gasteiger partial charge in [-0.25, -0.2) is 14.4 Å². The number of nitrogens with zero attached hydrogens (tertiary/aromatic N) is 2. The Morgan fingerprint density at radius 1 is 1.35 bits per heavy atom. The summed E-state index contributed by atoms with van der Waals surface area (Å²) in [4.78, 5) is 8.37. The van der Waals surface area contributed by atoms with Gasteiger partial charge in [0.05, 0.1) is 16.3 Å². The lowest BCUT2D eigenvalue weighted by Crippen LogP contribution is -2.04. The molecule has 2 rings (SSSR count). The molecule has 0 aliphatic heterocycles. The lowest BCUT2D eigenvalue weighted by molar-refractivity contribution is 0.629. The van der Waals surface area contributed by atoms with E-state index in [2.05, 4.69) is 9.97 Å². The molecule has 0 unspecified atom stereocenters. The number of benzene rings is 1. The molecule has 0 saturated heterocycles. The van der Waals surface area contributed by atoms with Gasteiger partial charge < -0.3 is 5.73 Å². The summed E-state index contributed by atoms with van der Waals surface area (Å²) in [5, 5.41) is 0.290. The smallest absolute Gasteiger partial charge is 0.164 e. The standard InChI is InChI=1S/C12H11ClFN3/c1-7-5-8(6-15)17-12(16-7)11-9(13)3-2-4-10(11)14/h2-5H,6,15H2,1H3. The summed E-state index contributed by atoms with van der Waals surface area (Å²) in [5.74, 6) is -0.167. The summed E-state index contributed by atoms with van der Waals surface area (Å²) >= 11 is 5.96. The van der Waals surface area contributed by atoms with Gasteiger partial charge in [-0.1, -0.05) is 17.7 Å². The molecule has 0 atom stereocenters. The predicted molar refractivity (Wildman–Crippen MR) is 65.1 cm³/mol. The van der Waals surface area contributed by atoms with E-state index in [4.69, 9.17) is 17.3 Å². The van der Waals surface area contributed by atoms with Crippen LogP contribution in [0.5, 0.6) is 0 Å². The summed E-state index contributed by atoms with van der Waals surface area (Å²) in [6.07, 6.45) is 0. The van der Waals surface area contributed by atoms with E-state index in [9.17, 15) is 4.39 Å². The molecule has 2 aromatic rings. The molecule has 1 heterocycles. The third-order valence-electron chi connectivity index (χ3n) is 2.30. The quantitative estimate of drug-likeness (QED) is 0.893. The molecule has 3 nitrogen and oxygen atoms in total. The van der Waals surface area contributed by atoms with Crippen LogP contribution < -0.4 is 5.73 Å². The van der Waals surface area contributed by atoms with Crippen LogP contribution in [0, 0.1) is 12.7 Å². The van der Waals surface area contributed by atoms with Gasteiger partial charge in [-0.3, -0.25) is 0 Å². The van der Waals surface area contributed by atoms with Crippen LogP contribution in [0.3, 0.4) is 0 Å². The molecular formula is C12H11ClFN3. The van der Waals surface area contributed by atoms with E-state index in [0.29, 0.717) is 10.7 Å². The fourth-order valence-corrected chi connectivity index (χ4v) is 1.81. The van der Waals surface area contributed by atoms with Gasteiger partial charge in [-0.15, -0.1) is 0 Å². The first-order valence-electron chi connectivity index (χ1n) is 5.11. The van der Waals surface area contributed by atoms with Crippen LogP contribution >= 0.6 is 11.6 Å². The Bertz CT molecular complexity index is 537. The molecule has 2 N–H and O–H groups in total. The number of aromatic nitrogens is 2. The average Bonchev–Trinajstić information content (AvgIpc) is 2.28. The van der Waals surface area contributed by atoms with E-state index in [1.807, 2.05) is 0 Å². The van der Waals surface area contributed by atoms with E-state index in [1.165, 1.54) is 6.07 Å². The van der Waals surface area contributed by atoms with Gasteiger partial charge in [-0.05, 0) is 25.1 Å². The second-order valence-corrected chi connectivity index (χ2v) is 4.03. The topological polar surface area (TPSA) is 51.8 Å². The molecule has 1 aromatic carbocycles. The van der Waals surface area contributed by atoms with Gasteiger partial charge in [-0.2, -0.15) is 0 Å². The molecule has 1 aromatic heterocycles. The van der Waals surface area contributed by atoms with Gasteiger partial charge in [0, 0.05) is 12.2 Å². The van der Waals surface area contributed by atoms with E-state index >= 15 is 0 Å². The molecule has 0 radical (unpaired) electrons. The van der Waals surface area contributed by atoms with E-state index in [1.54, 1.807) is 25.1 Å². The largest absolute Gasteiger partial charge is 0.325 e. The van der Waals surface area contributed by atoms with Crippen molar-refractivity contribution < 1.29 is 4.39 Å². The molecule has 0 aliphatic rings. The zero-order valence-corrected chi connectivity index (χ0v) is 10.0. The Balaban J connectivity index is 2.64. The third-order valence-corrected chi connectivity index (χ3v) is 2.62. The Kier molecular flexibility index (Phi) is 3.36. The van der Waals surface area contributed by atoms with Crippen molar-refractivity contribution >= 4 is 11.6 Å². The third kappa shape index (κ3) is 2.43. The minimum Gasteiger partial charge on any atom is -0.325 e. The summed E-state index contributed by atoms with van der Waals surface area (Å²) in [6, 6.07) is 6.24. The minimum absolute atomic E-state index is 0.215. The van der Waals surface area contributed by atoms with Crippen molar-refractivity contribution in [3.63, 3.8) is 0 Å². The predicted octanol–water partition coefficient (Wildman–Crippen LogP) is 2.70. The van der Waals surface area contributed by atoms with Gasteiger partial charge in [0.2, 0.25) is 0 Å². The lowest BCUT2D eigenvalue weighted by atomic mass is 10.2. The second kappa shape index (κ2) is 4.77. The Labute approximate surface area is 103 Å². The molecule has 0 bridgehead atoms. The lowest BCUT2D eigenvalue weighted by Gasteiger charge is -2.07. The number of rotatable bonds is 2. The molecule has 0 spiro atoms. The number of nitrogens with two attached hydrogens (primary N) is 1. The van der Waals surface area contributed by atoms with Gasteiger partial charge >= 0.3 is 0 Å². The summed E-state index contributed by atoms with van der Waals surface area (Å²) in [7, 11) is 0. The molecule has 88 valence electrons. The molecule has 5 heteroatoms. The number of hydrogen-bond acceptors (Lipinski definition) is 3. The van der Waals surface area contributed by atoms with Crippen molar-refractivity contribution in [2.75, 3.05) is 0 Å². The van der Waals surface area contributed by atoms with Crippen LogP contribution in [0.2, 0.25) is 5.02 Å². The van der Waals surface area contributed by atoms with Crippen molar-refractivity contribution in [2.24, 2.45) is 5.73 Å². The first kappa shape index (κ1) is 12.0. The Morgan fingerprint density at radius 3 is 2.76 bits per heavy atom. The number of aryl methyl sites for hydroxylation is 1. The molecule has 0 amide bonds. The van der Waals surface area contributed by atoms with E-state index in [-0.39, 0.29) is 17.9 Å². The first-order chi connectivity index (χ1) is 8.11. The zero-order chi connectivity index (χ0) is 12.4. The summed E-state index contributed by atoms with van der Waals surface area (Å²) in [5.41, 5.74) is 7.13. The van der Waals surface area contributed by atoms with Gasteiger partial charge in [0.25, 0.3) is 0 Å². The highest BCUT2D eigenvalue weighted by atomic mass is 35.5. The SMILES string of the molecule is Cc1cc(CN)nc(-c2c(F)cccc2Cl)n1. The molecular weight excluding hydrogens is 241 g/mol. The van der Waals surface area contributed by atoms with Gasteiger partial charge in [0.1, 0.15) is 5.82 Å². The fraction of sp³-hybridized carbons (Fsp3) is 0.167. The fourth-order valence-electron chi connectivity index (χ4n) is 1.56. The monoisotopic (exact) mass is 251 g/mol. The Morgan fingerprint density at radius 2 is 2.12 bits per heavy atom. The average molecular weight is 252 g/mol. The maximum absolute atomic E-state index is 13.7. The maximum Gasteiger partial charge on any atom is 0.164 e. The minimum atomic E-state index is -0.439. The second-order valence-electron chi connectivity index (χ2n) is 3.63. The van der Waals surface area contributed by atoms with Gasteiger partial charge in [0.15, 0.2) is 5.82 Å². The van der Waals surface area contributed by atoms with Crippen LogP contribution in [0.15, 0.2) is 24.3 Å². The van der Waals surface area contributed by atoms with Crippen molar-refractivity contribution in [2.45, 2.75) is 13.5 Å². The van der Waals surface area contributed by atoms with Crippen LogP contribution in [-0.2, 0) is 6.54 Å². The van der Waals surface area contributed by atoms with Crippen LogP contribution in [0.1, 0.15) is 11.4 Å². The highest BCUT2D eigenvalue weighted by Gasteiger charge is 2.13. The molecule has 0 aliphatic carbocycles. The molecule has 0 saturated carbocycles. The maximum atomic E-state index is 13.7.